The van der Waals surface area contributed by atoms with E-state index in [1.165, 1.54) is 17.9 Å². The summed E-state index contributed by atoms with van der Waals surface area (Å²) in [6.45, 7) is 9.82. The van der Waals surface area contributed by atoms with Crippen molar-refractivity contribution in [2.45, 2.75) is 52.2 Å². The lowest BCUT2D eigenvalue weighted by Gasteiger charge is -2.15. The standard InChI is InChI=1S/C22H30FN3O4Si/c1-6-7-8-30-21-17(11-16(13-24)12-19(21)23)18-14-26(25-20(18)22(27)28-2)15-29-9-10-31(3,4)5/h11-12,14H,6-10,15H2,1-5H3. The van der Waals surface area contributed by atoms with Crippen molar-refractivity contribution in [1.82, 2.24) is 9.78 Å². The van der Waals surface area contributed by atoms with E-state index in [4.69, 9.17) is 14.2 Å². The minimum Gasteiger partial charge on any atom is -0.490 e. The fourth-order valence-electron chi connectivity index (χ4n) is 2.79. The molecule has 0 spiro atoms. The van der Waals surface area contributed by atoms with Crippen LogP contribution in [0.15, 0.2) is 18.3 Å². The Hall–Kier alpha value is -2.70. The van der Waals surface area contributed by atoms with E-state index in [9.17, 15) is 14.4 Å². The van der Waals surface area contributed by atoms with Crippen LogP contribution in [0.4, 0.5) is 4.39 Å². The molecule has 0 fully saturated rings. The number of carbonyl (C=O) groups excluding carboxylic acids is 1. The molecule has 0 N–H and O–H groups in total. The van der Waals surface area contributed by atoms with E-state index in [1.54, 1.807) is 6.20 Å². The van der Waals surface area contributed by atoms with E-state index < -0.39 is 19.9 Å². The summed E-state index contributed by atoms with van der Waals surface area (Å²) in [5, 5.41) is 13.6. The molecular formula is C22H30FN3O4Si. The van der Waals surface area contributed by atoms with Gasteiger partial charge in [-0.2, -0.15) is 10.4 Å². The highest BCUT2D eigenvalue weighted by Gasteiger charge is 2.24. The highest BCUT2D eigenvalue weighted by molar-refractivity contribution is 6.76. The van der Waals surface area contributed by atoms with E-state index in [1.807, 2.05) is 13.0 Å². The molecule has 31 heavy (non-hydrogen) atoms. The lowest BCUT2D eigenvalue weighted by Crippen LogP contribution is -2.22. The summed E-state index contributed by atoms with van der Waals surface area (Å²) in [5.41, 5.74) is 0.723. The molecule has 0 bridgehead atoms. The molecule has 7 nitrogen and oxygen atoms in total. The van der Waals surface area contributed by atoms with Crippen LogP contribution in [0.25, 0.3) is 11.1 Å². The van der Waals surface area contributed by atoms with Crippen LogP contribution in [-0.4, -0.2) is 44.1 Å². The number of unbranched alkanes of at least 4 members (excludes halogenated alkanes) is 1. The number of rotatable bonds is 11. The maximum atomic E-state index is 14.8. The van der Waals surface area contributed by atoms with Crippen LogP contribution >= 0.6 is 0 Å². The van der Waals surface area contributed by atoms with Crippen LogP contribution in [0.1, 0.15) is 35.8 Å². The van der Waals surface area contributed by atoms with Crippen LogP contribution in [-0.2, 0) is 16.2 Å². The van der Waals surface area contributed by atoms with Crippen LogP contribution in [0.5, 0.6) is 5.75 Å². The van der Waals surface area contributed by atoms with Gasteiger partial charge in [-0.1, -0.05) is 33.0 Å². The van der Waals surface area contributed by atoms with E-state index in [2.05, 4.69) is 24.7 Å². The van der Waals surface area contributed by atoms with Crippen molar-refractivity contribution >= 4 is 14.0 Å². The van der Waals surface area contributed by atoms with Gasteiger partial charge in [0.1, 0.15) is 6.73 Å². The Labute approximate surface area is 183 Å². The fraction of sp³-hybridized carbons (Fsp3) is 0.500. The first-order valence-electron chi connectivity index (χ1n) is 10.3. The number of nitrogens with zero attached hydrogens (tertiary/aromatic N) is 3. The molecule has 0 radical (unpaired) electrons. The maximum Gasteiger partial charge on any atom is 0.359 e. The Morgan fingerprint density at radius 2 is 2.00 bits per heavy atom. The minimum absolute atomic E-state index is 0.00567. The molecule has 2 aromatic rings. The Bertz CT molecular complexity index is 947. The van der Waals surface area contributed by atoms with Gasteiger partial charge in [0.2, 0.25) is 0 Å². The molecule has 2 rings (SSSR count). The van der Waals surface area contributed by atoms with Crippen molar-refractivity contribution in [2.24, 2.45) is 0 Å². The number of halogens is 1. The summed E-state index contributed by atoms with van der Waals surface area (Å²) in [7, 11) is 0.0151. The first-order chi connectivity index (χ1) is 14.7. The summed E-state index contributed by atoms with van der Waals surface area (Å²) in [6.07, 6.45) is 3.21. The van der Waals surface area contributed by atoms with Gasteiger partial charge in [-0.3, -0.25) is 0 Å². The van der Waals surface area contributed by atoms with E-state index in [0.29, 0.717) is 18.8 Å². The Balaban J connectivity index is 2.43. The van der Waals surface area contributed by atoms with Gasteiger partial charge in [0.05, 0.1) is 25.3 Å². The molecule has 0 saturated carbocycles. The Morgan fingerprint density at radius 3 is 2.61 bits per heavy atom. The zero-order valence-electron chi connectivity index (χ0n) is 18.8. The van der Waals surface area contributed by atoms with Gasteiger partial charge in [0, 0.05) is 32.0 Å². The third-order valence-electron chi connectivity index (χ3n) is 4.57. The van der Waals surface area contributed by atoms with Crippen molar-refractivity contribution in [2.75, 3.05) is 20.3 Å². The lowest BCUT2D eigenvalue weighted by atomic mass is 10.0. The number of methoxy groups -OCH3 is 1. The smallest absolute Gasteiger partial charge is 0.359 e. The van der Waals surface area contributed by atoms with Crippen molar-refractivity contribution in [3.05, 3.63) is 35.4 Å². The average Bonchev–Trinajstić information content (AvgIpc) is 3.15. The molecule has 0 saturated heterocycles. The second kappa shape index (κ2) is 11.1. The van der Waals surface area contributed by atoms with Crippen LogP contribution in [0.2, 0.25) is 25.7 Å². The summed E-state index contributed by atoms with van der Waals surface area (Å²) in [6, 6.07) is 5.54. The zero-order valence-corrected chi connectivity index (χ0v) is 19.8. The van der Waals surface area contributed by atoms with Gasteiger partial charge in [-0.25, -0.2) is 13.9 Å². The highest BCUT2D eigenvalue weighted by atomic mass is 28.3. The topological polar surface area (TPSA) is 86.4 Å². The lowest BCUT2D eigenvalue weighted by molar-refractivity contribution is 0.0583. The summed E-state index contributed by atoms with van der Waals surface area (Å²) < 4.78 is 32.5. The molecule has 0 unspecified atom stereocenters. The predicted molar refractivity (Wildman–Crippen MR) is 118 cm³/mol. The van der Waals surface area contributed by atoms with Crippen molar-refractivity contribution in [3.8, 4) is 22.9 Å². The fourth-order valence-corrected chi connectivity index (χ4v) is 3.55. The van der Waals surface area contributed by atoms with Gasteiger partial charge in [0.15, 0.2) is 17.3 Å². The molecule has 9 heteroatoms. The number of benzene rings is 1. The summed E-state index contributed by atoms with van der Waals surface area (Å²) in [4.78, 5) is 12.4. The summed E-state index contributed by atoms with van der Waals surface area (Å²) in [5.74, 6) is -1.35. The minimum atomic E-state index is -1.24. The molecule has 0 aliphatic rings. The monoisotopic (exact) mass is 447 g/mol. The SMILES string of the molecule is CCCCOc1c(F)cc(C#N)cc1-c1cn(COCC[Si](C)(C)C)nc1C(=O)OC. The molecular weight excluding hydrogens is 417 g/mol. The first-order valence-corrected chi connectivity index (χ1v) is 14.0. The molecule has 0 atom stereocenters. The quantitative estimate of drug-likeness (QED) is 0.278. The molecule has 168 valence electrons. The number of hydrogen-bond acceptors (Lipinski definition) is 6. The van der Waals surface area contributed by atoms with Gasteiger partial charge < -0.3 is 14.2 Å². The number of nitriles is 1. The van der Waals surface area contributed by atoms with Crippen molar-refractivity contribution < 1.29 is 23.4 Å². The first kappa shape index (κ1) is 24.6. The predicted octanol–water partition coefficient (Wildman–Crippen LogP) is 4.84. The van der Waals surface area contributed by atoms with Crippen LogP contribution in [0, 0.1) is 17.1 Å². The van der Waals surface area contributed by atoms with Gasteiger partial charge in [0.25, 0.3) is 0 Å². The molecule has 1 aromatic carbocycles. The molecule has 1 aromatic heterocycles. The highest BCUT2D eigenvalue weighted by Crippen LogP contribution is 2.36. The maximum absolute atomic E-state index is 14.8. The normalized spacial score (nSPS) is 11.3. The third kappa shape index (κ3) is 6.91. The average molecular weight is 448 g/mol. The zero-order chi connectivity index (χ0) is 23.0. The van der Waals surface area contributed by atoms with Crippen molar-refractivity contribution in [3.63, 3.8) is 0 Å². The molecule has 0 aliphatic carbocycles. The number of hydrogen-bond donors (Lipinski definition) is 0. The Morgan fingerprint density at radius 1 is 1.26 bits per heavy atom. The van der Waals surface area contributed by atoms with E-state index >= 15 is 0 Å². The van der Waals surface area contributed by atoms with Crippen LogP contribution in [0.3, 0.4) is 0 Å². The van der Waals surface area contributed by atoms with Gasteiger partial charge in [-0.15, -0.1) is 0 Å². The molecule has 0 aliphatic heterocycles. The van der Waals surface area contributed by atoms with Gasteiger partial charge in [-0.05, 0) is 24.6 Å². The number of esters is 1. The molecule has 1 heterocycles. The Kier molecular flexibility index (Phi) is 8.77. The largest absolute Gasteiger partial charge is 0.490 e. The van der Waals surface area contributed by atoms with Crippen molar-refractivity contribution in [1.29, 1.82) is 5.26 Å². The number of ether oxygens (including phenoxy) is 3. The van der Waals surface area contributed by atoms with Gasteiger partial charge >= 0.3 is 5.97 Å². The van der Waals surface area contributed by atoms with E-state index in [-0.39, 0.29) is 29.3 Å². The second-order valence-electron chi connectivity index (χ2n) is 8.42. The number of carbonyl (C=O) groups is 1. The number of aromatic nitrogens is 2. The summed E-state index contributed by atoms with van der Waals surface area (Å²) >= 11 is 0. The third-order valence-corrected chi connectivity index (χ3v) is 6.27. The molecule has 0 amide bonds. The van der Waals surface area contributed by atoms with E-state index in [0.717, 1.165) is 25.0 Å². The second-order valence-corrected chi connectivity index (χ2v) is 14.0. The van der Waals surface area contributed by atoms with Crippen LogP contribution < -0.4 is 4.74 Å².